The van der Waals surface area contributed by atoms with Crippen molar-refractivity contribution < 1.29 is 5.11 Å². The molecular weight excluding hydrogens is 300 g/mol. The first kappa shape index (κ1) is 12.7. The summed E-state index contributed by atoms with van der Waals surface area (Å²) in [5, 5.41) is 12.2. The predicted octanol–water partition coefficient (Wildman–Crippen LogP) is 2.87. The third-order valence-corrected chi connectivity index (χ3v) is 3.95. The van der Waals surface area contributed by atoms with E-state index in [9.17, 15) is 5.11 Å². The van der Waals surface area contributed by atoms with E-state index in [0.717, 1.165) is 21.3 Å². The summed E-state index contributed by atoms with van der Waals surface area (Å²) in [6.45, 7) is 2.24. The molecule has 2 aromatic rings. The van der Waals surface area contributed by atoms with Crippen molar-refractivity contribution in [3.05, 3.63) is 38.6 Å². The number of aliphatic hydroxyl groups excluding tert-OH is 1. The van der Waals surface area contributed by atoms with E-state index in [4.69, 9.17) is 5.73 Å². The SMILES string of the molecule is Cc1ccc(Br)cc1-c1csc(C(O)CN)n1. The second-order valence-corrected chi connectivity index (χ2v) is 5.59. The van der Waals surface area contributed by atoms with Crippen molar-refractivity contribution >= 4 is 27.3 Å². The van der Waals surface area contributed by atoms with Crippen molar-refractivity contribution in [2.75, 3.05) is 6.54 Å². The van der Waals surface area contributed by atoms with Crippen LogP contribution in [0.15, 0.2) is 28.1 Å². The van der Waals surface area contributed by atoms with Crippen LogP contribution in [0, 0.1) is 6.92 Å². The highest BCUT2D eigenvalue weighted by molar-refractivity contribution is 9.10. The Morgan fingerprint density at radius 1 is 1.53 bits per heavy atom. The van der Waals surface area contributed by atoms with Crippen molar-refractivity contribution in [1.29, 1.82) is 0 Å². The average Bonchev–Trinajstić information content (AvgIpc) is 2.80. The molecule has 0 spiro atoms. The summed E-state index contributed by atoms with van der Waals surface area (Å²) in [6, 6.07) is 6.07. The molecule has 0 saturated carbocycles. The van der Waals surface area contributed by atoms with Gasteiger partial charge < -0.3 is 10.8 Å². The molecular formula is C12H13BrN2OS. The van der Waals surface area contributed by atoms with Gasteiger partial charge in [-0.15, -0.1) is 11.3 Å². The fraction of sp³-hybridized carbons (Fsp3) is 0.250. The summed E-state index contributed by atoms with van der Waals surface area (Å²) >= 11 is 4.88. The van der Waals surface area contributed by atoms with Gasteiger partial charge in [0, 0.05) is 22.0 Å². The zero-order chi connectivity index (χ0) is 12.4. The molecule has 1 aromatic heterocycles. The number of benzene rings is 1. The van der Waals surface area contributed by atoms with Crippen LogP contribution in [-0.2, 0) is 0 Å². The number of nitrogens with two attached hydrogens (primary N) is 1. The van der Waals surface area contributed by atoms with E-state index in [0.29, 0.717) is 5.01 Å². The molecule has 1 aromatic carbocycles. The van der Waals surface area contributed by atoms with E-state index in [1.165, 1.54) is 11.3 Å². The monoisotopic (exact) mass is 312 g/mol. The lowest BCUT2D eigenvalue weighted by Crippen LogP contribution is -2.11. The minimum absolute atomic E-state index is 0.199. The van der Waals surface area contributed by atoms with Crippen molar-refractivity contribution in [1.82, 2.24) is 4.98 Å². The second kappa shape index (κ2) is 5.27. The average molecular weight is 313 g/mol. The number of aliphatic hydroxyl groups is 1. The first-order valence-corrected chi connectivity index (χ1v) is 6.89. The molecule has 90 valence electrons. The van der Waals surface area contributed by atoms with Gasteiger partial charge in [0.05, 0.1) is 5.69 Å². The maximum Gasteiger partial charge on any atom is 0.123 e. The van der Waals surface area contributed by atoms with Gasteiger partial charge in [-0.3, -0.25) is 0 Å². The van der Waals surface area contributed by atoms with Crippen LogP contribution in [0.1, 0.15) is 16.7 Å². The molecule has 5 heteroatoms. The predicted molar refractivity (Wildman–Crippen MR) is 74.0 cm³/mol. The third kappa shape index (κ3) is 2.74. The summed E-state index contributed by atoms with van der Waals surface area (Å²) in [4.78, 5) is 4.42. The van der Waals surface area contributed by atoms with Crippen LogP contribution in [0.5, 0.6) is 0 Å². The summed E-state index contributed by atoms with van der Waals surface area (Å²) < 4.78 is 1.02. The van der Waals surface area contributed by atoms with Gasteiger partial charge in [-0.1, -0.05) is 22.0 Å². The van der Waals surface area contributed by atoms with Crippen LogP contribution >= 0.6 is 27.3 Å². The third-order valence-electron chi connectivity index (χ3n) is 2.51. The maximum atomic E-state index is 9.63. The fourth-order valence-electron chi connectivity index (χ4n) is 1.54. The van der Waals surface area contributed by atoms with Gasteiger partial charge in [0.2, 0.25) is 0 Å². The minimum atomic E-state index is -0.666. The molecule has 0 saturated heterocycles. The molecule has 1 atom stereocenters. The number of hydrogen-bond acceptors (Lipinski definition) is 4. The van der Waals surface area contributed by atoms with Gasteiger partial charge >= 0.3 is 0 Å². The number of aromatic nitrogens is 1. The first-order chi connectivity index (χ1) is 8.11. The Morgan fingerprint density at radius 2 is 2.29 bits per heavy atom. The van der Waals surface area contributed by atoms with Crippen LogP contribution in [0.3, 0.4) is 0 Å². The largest absolute Gasteiger partial charge is 0.385 e. The Kier molecular flexibility index (Phi) is 3.93. The Balaban J connectivity index is 2.40. The highest BCUT2D eigenvalue weighted by atomic mass is 79.9. The summed E-state index contributed by atoms with van der Waals surface area (Å²) in [5.74, 6) is 0. The lowest BCUT2D eigenvalue weighted by atomic mass is 10.1. The smallest absolute Gasteiger partial charge is 0.123 e. The van der Waals surface area contributed by atoms with Crippen LogP contribution < -0.4 is 5.73 Å². The Labute approximate surface area is 112 Å². The van der Waals surface area contributed by atoms with Gasteiger partial charge in [0.25, 0.3) is 0 Å². The molecule has 0 radical (unpaired) electrons. The molecule has 3 nitrogen and oxygen atoms in total. The first-order valence-electron chi connectivity index (χ1n) is 5.22. The molecule has 0 fully saturated rings. The van der Waals surface area contributed by atoms with Crippen molar-refractivity contribution in [3.63, 3.8) is 0 Å². The van der Waals surface area contributed by atoms with E-state index in [1.807, 2.05) is 30.5 Å². The van der Waals surface area contributed by atoms with Crippen molar-refractivity contribution in [3.8, 4) is 11.3 Å². The lowest BCUT2D eigenvalue weighted by Gasteiger charge is -2.04. The molecule has 0 aliphatic rings. The quantitative estimate of drug-likeness (QED) is 0.916. The van der Waals surface area contributed by atoms with E-state index in [2.05, 4.69) is 20.9 Å². The maximum absolute atomic E-state index is 9.63. The molecule has 0 aliphatic heterocycles. The van der Waals surface area contributed by atoms with E-state index in [1.54, 1.807) is 0 Å². The number of rotatable bonds is 3. The Hall–Kier alpha value is -0.750. The zero-order valence-electron chi connectivity index (χ0n) is 9.35. The van der Waals surface area contributed by atoms with Crippen molar-refractivity contribution in [2.45, 2.75) is 13.0 Å². The standard InChI is InChI=1S/C12H13BrN2OS/c1-7-2-3-8(13)4-9(7)10-6-17-12(15-10)11(16)5-14/h2-4,6,11,16H,5,14H2,1H3. The van der Waals surface area contributed by atoms with Crippen LogP contribution in [0.4, 0.5) is 0 Å². The fourth-order valence-corrected chi connectivity index (χ4v) is 2.71. The number of nitrogens with zero attached hydrogens (tertiary/aromatic N) is 1. The van der Waals surface area contributed by atoms with Crippen molar-refractivity contribution in [2.24, 2.45) is 5.73 Å². The van der Waals surface area contributed by atoms with Crippen LogP contribution in [0.2, 0.25) is 0 Å². The van der Waals surface area contributed by atoms with Gasteiger partial charge in [0.15, 0.2) is 0 Å². The number of thiazole rings is 1. The van der Waals surface area contributed by atoms with E-state index < -0.39 is 6.10 Å². The normalized spacial score (nSPS) is 12.7. The number of hydrogen-bond donors (Lipinski definition) is 2. The van der Waals surface area contributed by atoms with Gasteiger partial charge in [-0.2, -0.15) is 0 Å². The summed E-state index contributed by atoms with van der Waals surface area (Å²) in [6.07, 6.45) is -0.666. The van der Waals surface area contributed by atoms with Crippen LogP contribution in [-0.4, -0.2) is 16.6 Å². The minimum Gasteiger partial charge on any atom is -0.385 e. The summed E-state index contributed by atoms with van der Waals surface area (Å²) in [7, 11) is 0. The van der Waals surface area contributed by atoms with E-state index in [-0.39, 0.29) is 6.54 Å². The molecule has 17 heavy (non-hydrogen) atoms. The molecule has 3 N–H and O–H groups in total. The number of aryl methyl sites for hydroxylation is 1. The topological polar surface area (TPSA) is 59.1 Å². The van der Waals surface area contributed by atoms with Gasteiger partial charge in [-0.25, -0.2) is 4.98 Å². The van der Waals surface area contributed by atoms with E-state index >= 15 is 0 Å². The number of halogens is 1. The highest BCUT2D eigenvalue weighted by Gasteiger charge is 2.12. The molecule has 0 aliphatic carbocycles. The molecule has 1 unspecified atom stereocenters. The van der Waals surface area contributed by atoms with Gasteiger partial charge in [-0.05, 0) is 24.6 Å². The molecule has 0 bridgehead atoms. The Morgan fingerprint density at radius 3 is 3.00 bits per heavy atom. The van der Waals surface area contributed by atoms with Crippen LogP contribution in [0.25, 0.3) is 11.3 Å². The lowest BCUT2D eigenvalue weighted by molar-refractivity contribution is 0.186. The molecule has 2 rings (SSSR count). The molecule has 0 amide bonds. The highest BCUT2D eigenvalue weighted by Crippen LogP contribution is 2.29. The second-order valence-electron chi connectivity index (χ2n) is 3.78. The van der Waals surface area contributed by atoms with Gasteiger partial charge in [0.1, 0.15) is 11.1 Å². The Bertz CT molecular complexity index is 527. The molecule has 1 heterocycles. The summed E-state index contributed by atoms with van der Waals surface area (Å²) in [5.41, 5.74) is 8.54. The zero-order valence-corrected chi connectivity index (χ0v) is 11.8.